The lowest BCUT2D eigenvalue weighted by Gasteiger charge is -2.12. The molecule has 2 rings (SSSR count). The zero-order chi connectivity index (χ0) is 11.9. The molecule has 0 aliphatic rings. The number of hydrogen-bond donors (Lipinski definition) is 1. The number of nitrogens with zero attached hydrogens (tertiary/aromatic N) is 1. The summed E-state index contributed by atoms with van der Waals surface area (Å²) in [6, 6.07) is 5.26. The smallest absolute Gasteiger partial charge is 0.0910 e. The minimum Gasteiger partial charge on any atom is -0.389 e. The molecule has 4 heteroatoms. The molecule has 16 heavy (non-hydrogen) atoms. The lowest BCUT2D eigenvalue weighted by atomic mass is 10.0. The molecule has 0 spiro atoms. The maximum atomic E-state index is 9.73. The number of pyridine rings is 1. The molecule has 1 atom stereocenters. The summed E-state index contributed by atoms with van der Waals surface area (Å²) in [5, 5.41) is 11.6. The Balaban J connectivity index is 2.95. The Morgan fingerprint density at radius 3 is 2.50 bits per heavy atom. The molecule has 0 aliphatic carbocycles. The number of fused-ring (bicyclic) bond motifs is 1. The van der Waals surface area contributed by atoms with Crippen molar-refractivity contribution in [3.8, 4) is 0 Å². The van der Waals surface area contributed by atoms with Crippen LogP contribution in [-0.4, -0.2) is 10.1 Å². The second kappa shape index (κ2) is 4.21. The highest BCUT2D eigenvalue weighted by molar-refractivity contribution is 6.40. The zero-order valence-corrected chi connectivity index (χ0v) is 10.5. The monoisotopic (exact) mass is 255 g/mol. The van der Waals surface area contributed by atoms with Crippen molar-refractivity contribution in [1.82, 2.24) is 4.98 Å². The molecule has 0 aliphatic heterocycles. The Morgan fingerprint density at radius 2 is 1.88 bits per heavy atom. The topological polar surface area (TPSA) is 33.1 Å². The fraction of sp³-hybridized carbons (Fsp3) is 0.250. The fourth-order valence-corrected chi connectivity index (χ4v) is 2.22. The van der Waals surface area contributed by atoms with Crippen molar-refractivity contribution in [3.05, 3.63) is 39.5 Å². The summed E-state index contributed by atoms with van der Waals surface area (Å²) in [7, 11) is 0. The minimum absolute atomic E-state index is 0.546. The number of aromatic nitrogens is 1. The van der Waals surface area contributed by atoms with Crippen LogP contribution in [-0.2, 0) is 0 Å². The van der Waals surface area contributed by atoms with Crippen molar-refractivity contribution in [2.24, 2.45) is 0 Å². The van der Waals surface area contributed by atoms with Gasteiger partial charge in [-0.15, -0.1) is 0 Å². The third-order valence-corrected chi connectivity index (χ3v) is 3.09. The van der Waals surface area contributed by atoms with Gasteiger partial charge in [0, 0.05) is 11.1 Å². The van der Waals surface area contributed by atoms with E-state index in [1.165, 1.54) is 0 Å². The summed E-state index contributed by atoms with van der Waals surface area (Å²) in [6.45, 7) is 3.56. The average Bonchev–Trinajstić information content (AvgIpc) is 2.22. The normalized spacial score (nSPS) is 13.1. The van der Waals surface area contributed by atoms with Crippen LogP contribution in [0.2, 0.25) is 10.0 Å². The van der Waals surface area contributed by atoms with Gasteiger partial charge in [-0.05, 0) is 37.6 Å². The quantitative estimate of drug-likeness (QED) is 0.839. The van der Waals surface area contributed by atoms with Crippen molar-refractivity contribution >= 4 is 34.1 Å². The Labute approximate surface area is 104 Å². The van der Waals surface area contributed by atoms with E-state index < -0.39 is 6.10 Å². The van der Waals surface area contributed by atoms with Gasteiger partial charge in [-0.25, -0.2) is 0 Å². The average molecular weight is 256 g/mol. The first-order valence-corrected chi connectivity index (χ1v) is 5.69. The van der Waals surface area contributed by atoms with Crippen molar-refractivity contribution < 1.29 is 5.11 Å². The molecule has 0 saturated carbocycles. The fourth-order valence-electron chi connectivity index (χ4n) is 1.76. The number of aliphatic hydroxyl groups is 1. The Kier molecular flexibility index (Phi) is 3.06. The maximum Gasteiger partial charge on any atom is 0.0910 e. The van der Waals surface area contributed by atoms with Crippen LogP contribution in [0.5, 0.6) is 0 Å². The molecule has 0 radical (unpaired) electrons. The predicted molar refractivity (Wildman–Crippen MR) is 67.1 cm³/mol. The molecule has 0 bridgehead atoms. The van der Waals surface area contributed by atoms with Crippen LogP contribution in [0.3, 0.4) is 0 Å². The molecule has 1 unspecified atom stereocenters. The van der Waals surface area contributed by atoms with E-state index in [1.54, 1.807) is 19.1 Å². The van der Waals surface area contributed by atoms with Gasteiger partial charge in [-0.2, -0.15) is 0 Å². The largest absolute Gasteiger partial charge is 0.389 e. The van der Waals surface area contributed by atoms with Gasteiger partial charge in [-0.3, -0.25) is 4.98 Å². The molecular weight excluding hydrogens is 245 g/mol. The van der Waals surface area contributed by atoms with Crippen LogP contribution in [0.4, 0.5) is 0 Å². The van der Waals surface area contributed by atoms with Crippen LogP contribution in [0.1, 0.15) is 24.3 Å². The van der Waals surface area contributed by atoms with E-state index in [4.69, 9.17) is 23.2 Å². The van der Waals surface area contributed by atoms with Gasteiger partial charge in [0.2, 0.25) is 0 Å². The molecule has 0 fully saturated rings. The lowest BCUT2D eigenvalue weighted by molar-refractivity contribution is 0.200. The predicted octanol–water partition coefficient (Wildman–Crippen LogP) is 3.90. The second-order valence-corrected chi connectivity index (χ2v) is 4.60. The first-order valence-electron chi connectivity index (χ1n) is 4.94. The molecule has 84 valence electrons. The summed E-state index contributed by atoms with van der Waals surface area (Å²) < 4.78 is 0. The Morgan fingerprint density at radius 1 is 1.25 bits per heavy atom. The summed E-state index contributed by atoms with van der Waals surface area (Å²) in [5.74, 6) is 0. The number of aryl methyl sites for hydroxylation is 1. The van der Waals surface area contributed by atoms with Crippen LogP contribution in [0, 0.1) is 6.92 Å². The van der Waals surface area contributed by atoms with E-state index in [0.717, 1.165) is 16.6 Å². The standard InChI is InChI=1S/C12H11Cl2NO/c1-6-5-8(7(2)16)11-9(13)3-4-10(14)12(11)15-6/h3-5,7,16H,1-2H3. The van der Waals surface area contributed by atoms with Gasteiger partial charge >= 0.3 is 0 Å². The number of benzene rings is 1. The molecule has 2 nitrogen and oxygen atoms in total. The van der Waals surface area contributed by atoms with Gasteiger partial charge in [-0.1, -0.05) is 23.2 Å². The first kappa shape index (κ1) is 11.6. The number of hydrogen-bond acceptors (Lipinski definition) is 2. The van der Waals surface area contributed by atoms with Crippen molar-refractivity contribution in [2.75, 3.05) is 0 Å². The highest BCUT2D eigenvalue weighted by atomic mass is 35.5. The van der Waals surface area contributed by atoms with Crippen molar-refractivity contribution in [1.29, 1.82) is 0 Å². The molecule has 2 aromatic rings. The third-order valence-electron chi connectivity index (χ3n) is 2.47. The Hall–Kier alpha value is -0.830. The SMILES string of the molecule is Cc1cc(C(C)O)c2c(Cl)ccc(Cl)c2n1. The molecule has 0 saturated heterocycles. The van der Waals surface area contributed by atoms with Crippen LogP contribution < -0.4 is 0 Å². The highest BCUT2D eigenvalue weighted by Crippen LogP contribution is 2.34. The van der Waals surface area contributed by atoms with Crippen LogP contribution >= 0.6 is 23.2 Å². The van der Waals surface area contributed by atoms with Gasteiger partial charge in [0.15, 0.2) is 0 Å². The molecule has 1 aromatic heterocycles. The summed E-state index contributed by atoms with van der Waals surface area (Å²) >= 11 is 12.2. The van der Waals surface area contributed by atoms with E-state index in [1.807, 2.05) is 13.0 Å². The number of rotatable bonds is 1. The van der Waals surface area contributed by atoms with Gasteiger partial charge in [0.05, 0.1) is 21.7 Å². The van der Waals surface area contributed by atoms with Crippen molar-refractivity contribution in [2.45, 2.75) is 20.0 Å². The van der Waals surface area contributed by atoms with Crippen molar-refractivity contribution in [3.63, 3.8) is 0 Å². The van der Waals surface area contributed by atoms with Crippen LogP contribution in [0.15, 0.2) is 18.2 Å². The van der Waals surface area contributed by atoms with E-state index in [0.29, 0.717) is 15.6 Å². The zero-order valence-electron chi connectivity index (χ0n) is 8.96. The maximum absolute atomic E-state index is 9.73. The molecule has 1 heterocycles. The minimum atomic E-state index is -0.597. The Bertz CT molecular complexity index is 552. The molecule has 0 amide bonds. The van der Waals surface area contributed by atoms with E-state index in [2.05, 4.69) is 4.98 Å². The first-order chi connectivity index (χ1) is 7.50. The molecular formula is C12H11Cl2NO. The lowest BCUT2D eigenvalue weighted by Crippen LogP contribution is -1.97. The van der Waals surface area contributed by atoms with Gasteiger partial charge in [0.1, 0.15) is 0 Å². The van der Waals surface area contributed by atoms with E-state index >= 15 is 0 Å². The number of aliphatic hydroxyl groups excluding tert-OH is 1. The summed E-state index contributed by atoms with van der Waals surface area (Å²) in [4.78, 5) is 4.35. The summed E-state index contributed by atoms with van der Waals surface area (Å²) in [6.07, 6.45) is -0.597. The van der Waals surface area contributed by atoms with Gasteiger partial charge < -0.3 is 5.11 Å². The third kappa shape index (κ3) is 1.88. The van der Waals surface area contributed by atoms with Gasteiger partial charge in [0.25, 0.3) is 0 Å². The second-order valence-electron chi connectivity index (χ2n) is 3.78. The summed E-state index contributed by atoms with van der Waals surface area (Å²) in [5.41, 5.74) is 2.22. The molecule has 1 aromatic carbocycles. The van der Waals surface area contributed by atoms with E-state index in [-0.39, 0.29) is 0 Å². The molecule has 1 N–H and O–H groups in total. The van der Waals surface area contributed by atoms with Crippen LogP contribution in [0.25, 0.3) is 10.9 Å². The highest BCUT2D eigenvalue weighted by Gasteiger charge is 2.13. The number of halogens is 2. The van der Waals surface area contributed by atoms with E-state index in [9.17, 15) is 5.11 Å².